The molecule has 1 rings (SSSR count). The number of hydrogen-bond acceptors (Lipinski definition) is 7. The molecule has 0 bridgehead atoms. The molecule has 0 unspecified atom stereocenters. The molecular formula is C25H37N5O2S. The number of hydrogen-bond donors (Lipinski definition) is 4. The molecule has 0 saturated heterocycles. The molecule has 0 radical (unpaired) electrons. The van der Waals surface area contributed by atoms with Gasteiger partial charge in [-0.15, -0.1) is 0 Å². The molecule has 0 heterocycles. The van der Waals surface area contributed by atoms with Crippen molar-refractivity contribution in [3.8, 4) is 0 Å². The molecular weight excluding hydrogens is 434 g/mol. The Morgan fingerprint density at radius 3 is 2.39 bits per heavy atom. The van der Waals surface area contributed by atoms with Crippen molar-refractivity contribution < 1.29 is 9.59 Å². The largest absolute Gasteiger partial charge is 0.388 e. The first kappa shape index (κ1) is 29.9. The Bertz CT molecular complexity index is 931. The Labute approximate surface area is 202 Å². The van der Waals surface area contributed by atoms with E-state index in [9.17, 15) is 9.59 Å². The molecule has 0 aromatic heterocycles. The third-order valence-electron chi connectivity index (χ3n) is 4.25. The first-order chi connectivity index (χ1) is 16.0. The van der Waals surface area contributed by atoms with Crippen LogP contribution < -0.4 is 21.6 Å². The van der Waals surface area contributed by atoms with Gasteiger partial charge in [-0.1, -0.05) is 52.0 Å². The SMILES string of the molecule is C/C=C(/SN)C(=O)Nc1cc(C=O)c(C(/C=N\N)=C/C(/C=C\CC)=C/CC)c(NC)c1.CC. The molecule has 7 nitrogen and oxygen atoms in total. The lowest BCUT2D eigenvalue weighted by Gasteiger charge is -2.16. The number of nitrogens with two attached hydrogens (primary N) is 2. The monoisotopic (exact) mass is 471 g/mol. The van der Waals surface area contributed by atoms with Gasteiger partial charge in [0.05, 0.1) is 11.1 Å². The molecule has 0 aliphatic heterocycles. The lowest BCUT2D eigenvalue weighted by atomic mass is 9.95. The molecule has 1 aromatic rings. The second-order valence-corrected chi connectivity index (χ2v) is 7.06. The first-order valence-electron chi connectivity index (χ1n) is 11.0. The van der Waals surface area contributed by atoms with Crippen LogP contribution in [0, 0.1) is 0 Å². The zero-order valence-electron chi connectivity index (χ0n) is 20.4. The molecule has 33 heavy (non-hydrogen) atoms. The number of aldehydes is 1. The number of rotatable bonds is 11. The fraction of sp³-hybridized carbons (Fsp3) is 0.320. The Morgan fingerprint density at radius 1 is 1.21 bits per heavy atom. The van der Waals surface area contributed by atoms with Gasteiger partial charge in [0, 0.05) is 35.1 Å². The topological polar surface area (TPSA) is 123 Å². The summed E-state index contributed by atoms with van der Waals surface area (Å²) in [6.45, 7) is 9.84. The Kier molecular flexibility index (Phi) is 15.8. The van der Waals surface area contributed by atoms with Crippen LogP contribution in [-0.4, -0.2) is 25.5 Å². The van der Waals surface area contributed by atoms with Crippen LogP contribution in [0.4, 0.5) is 11.4 Å². The number of nitrogens with one attached hydrogen (secondary N) is 2. The van der Waals surface area contributed by atoms with Crippen LogP contribution in [-0.2, 0) is 4.79 Å². The minimum atomic E-state index is -0.348. The van der Waals surface area contributed by atoms with E-state index < -0.39 is 0 Å². The summed E-state index contributed by atoms with van der Waals surface area (Å²) in [7, 11) is 1.74. The molecule has 0 saturated carbocycles. The zero-order valence-corrected chi connectivity index (χ0v) is 21.3. The number of anilines is 2. The minimum absolute atomic E-state index is 0.348. The van der Waals surface area contributed by atoms with Gasteiger partial charge in [-0.2, -0.15) is 5.10 Å². The summed E-state index contributed by atoms with van der Waals surface area (Å²) in [5.74, 6) is 5.12. The smallest absolute Gasteiger partial charge is 0.263 e. The normalized spacial score (nSPS) is 12.5. The van der Waals surface area contributed by atoms with Gasteiger partial charge in [-0.05, 0) is 55.5 Å². The maximum Gasteiger partial charge on any atom is 0.263 e. The summed E-state index contributed by atoms with van der Waals surface area (Å²) >= 11 is 0.860. The Hall–Kier alpha value is -3.10. The van der Waals surface area contributed by atoms with Gasteiger partial charge in [0.25, 0.3) is 5.91 Å². The summed E-state index contributed by atoms with van der Waals surface area (Å²) in [6, 6.07) is 3.36. The number of hydrazone groups is 1. The molecule has 0 aliphatic carbocycles. The van der Waals surface area contributed by atoms with E-state index in [1.165, 1.54) is 6.21 Å². The van der Waals surface area contributed by atoms with Crippen molar-refractivity contribution in [3.63, 3.8) is 0 Å². The second kappa shape index (κ2) is 17.5. The lowest BCUT2D eigenvalue weighted by Crippen LogP contribution is -2.14. The average Bonchev–Trinajstić information content (AvgIpc) is 2.83. The number of carbonyl (C=O) groups is 2. The van der Waals surface area contributed by atoms with Gasteiger partial charge < -0.3 is 16.5 Å². The van der Waals surface area contributed by atoms with Crippen molar-refractivity contribution in [2.75, 3.05) is 17.7 Å². The zero-order chi connectivity index (χ0) is 25.2. The van der Waals surface area contributed by atoms with Gasteiger partial charge in [-0.3, -0.25) is 14.7 Å². The molecule has 6 N–H and O–H groups in total. The standard InChI is InChI=1S/C23H31N5O2S.C2H6/c1-5-8-10-16(9-6-2)11-17(14-27-24)22-18(15-29)12-19(13-20(22)26-4)28-23(30)21(7-3)31-25;1-2/h7-15,26H,5-6,24-25H2,1-4H3,(H,28,30);1-2H3/b10-8-,16-9+,17-11+,21-7+,27-14-;. The van der Waals surface area contributed by atoms with Gasteiger partial charge in [0.2, 0.25) is 0 Å². The van der Waals surface area contributed by atoms with Gasteiger partial charge in [0.1, 0.15) is 0 Å². The van der Waals surface area contributed by atoms with E-state index in [-0.39, 0.29) is 5.91 Å². The van der Waals surface area contributed by atoms with E-state index in [0.717, 1.165) is 36.6 Å². The molecule has 0 atom stereocenters. The highest BCUT2D eigenvalue weighted by Crippen LogP contribution is 2.31. The third kappa shape index (κ3) is 9.51. The minimum Gasteiger partial charge on any atom is -0.388 e. The molecule has 1 aromatic carbocycles. The molecule has 8 heteroatoms. The number of nitrogens with zero attached hydrogens (tertiary/aromatic N) is 1. The van der Waals surface area contributed by atoms with Crippen LogP contribution in [0.3, 0.4) is 0 Å². The molecule has 0 aliphatic rings. The van der Waals surface area contributed by atoms with E-state index in [1.54, 1.807) is 32.2 Å². The number of benzene rings is 1. The van der Waals surface area contributed by atoms with Crippen LogP contribution in [0.25, 0.3) is 5.57 Å². The predicted octanol–water partition coefficient (Wildman–Crippen LogP) is 5.65. The highest BCUT2D eigenvalue weighted by atomic mass is 32.2. The van der Waals surface area contributed by atoms with Gasteiger partial charge in [-0.25, -0.2) is 0 Å². The van der Waals surface area contributed by atoms with Gasteiger partial charge in [0.15, 0.2) is 6.29 Å². The number of carbonyl (C=O) groups excluding carboxylic acids is 2. The van der Waals surface area contributed by atoms with Crippen molar-refractivity contribution in [2.24, 2.45) is 16.1 Å². The second-order valence-electron chi connectivity index (χ2n) is 6.38. The molecule has 0 spiro atoms. The summed E-state index contributed by atoms with van der Waals surface area (Å²) in [5, 5.41) is 15.1. The molecule has 180 valence electrons. The van der Waals surface area contributed by atoms with E-state index >= 15 is 0 Å². The van der Waals surface area contributed by atoms with Crippen LogP contribution >= 0.6 is 11.9 Å². The van der Waals surface area contributed by atoms with Crippen LogP contribution in [0.1, 0.15) is 63.4 Å². The Morgan fingerprint density at radius 2 is 1.91 bits per heavy atom. The fourth-order valence-corrected chi connectivity index (χ4v) is 3.19. The predicted molar refractivity (Wildman–Crippen MR) is 145 cm³/mol. The summed E-state index contributed by atoms with van der Waals surface area (Å²) < 4.78 is 0. The quantitative estimate of drug-likeness (QED) is 0.0629. The van der Waals surface area contributed by atoms with Crippen molar-refractivity contribution in [1.29, 1.82) is 0 Å². The van der Waals surface area contributed by atoms with E-state index in [4.69, 9.17) is 11.0 Å². The van der Waals surface area contributed by atoms with Crippen molar-refractivity contribution in [1.82, 2.24) is 0 Å². The number of amides is 1. The number of allylic oxidation sites excluding steroid dienone is 7. The highest BCUT2D eigenvalue weighted by molar-refractivity contribution is 8.01. The fourth-order valence-electron chi connectivity index (χ4n) is 2.89. The van der Waals surface area contributed by atoms with E-state index in [2.05, 4.69) is 41.7 Å². The van der Waals surface area contributed by atoms with E-state index in [0.29, 0.717) is 33.0 Å². The Balaban J connectivity index is 0.00000497. The average molecular weight is 472 g/mol. The maximum absolute atomic E-state index is 12.4. The molecule has 0 fully saturated rings. The summed E-state index contributed by atoms with van der Waals surface area (Å²) in [6.07, 6.45) is 13.7. The van der Waals surface area contributed by atoms with Crippen LogP contribution in [0.5, 0.6) is 0 Å². The third-order valence-corrected chi connectivity index (χ3v) is 4.92. The first-order valence-corrected chi connectivity index (χ1v) is 11.8. The maximum atomic E-state index is 12.4. The molecule has 1 amide bonds. The van der Waals surface area contributed by atoms with Gasteiger partial charge >= 0.3 is 0 Å². The highest BCUT2D eigenvalue weighted by Gasteiger charge is 2.16. The summed E-state index contributed by atoms with van der Waals surface area (Å²) in [5.41, 5.74) is 3.77. The van der Waals surface area contributed by atoms with E-state index in [1.807, 2.05) is 26.0 Å². The van der Waals surface area contributed by atoms with Crippen LogP contribution in [0.15, 0.2) is 58.1 Å². The van der Waals surface area contributed by atoms with Crippen molar-refractivity contribution in [2.45, 2.75) is 47.5 Å². The van der Waals surface area contributed by atoms with Crippen molar-refractivity contribution >= 4 is 47.3 Å². The van der Waals surface area contributed by atoms with Crippen molar-refractivity contribution in [3.05, 3.63) is 64.1 Å². The summed E-state index contributed by atoms with van der Waals surface area (Å²) in [4.78, 5) is 24.7. The lowest BCUT2D eigenvalue weighted by molar-refractivity contribution is -0.112. The van der Waals surface area contributed by atoms with Crippen LogP contribution in [0.2, 0.25) is 0 Å².